The molecule has 3 N–H and O–H groups in total. The van der Waals surface area contributed by atoms with Crippen LogP contribution in [0.1, 0.15) is 0 Å². The first kappa shape index (κ1) is 13.5. The highest BCUT2D eigenvalue weighted by Crippen LogP contribution is 2.26. The average Bonchev–Trinajstić information content (AvgIpc) is 2.69. The van der Waals surface area contributed by atoms with Crippen LogP contribution in [0.15, 0.2) is 29.0 Å². The zero-order chi connectivity index (χ0) is 14.0. The van der Waals surface area contributed by atoms with E-state index in [1.54, 1.807) is 0 Å². The molecule has 0 aliphatic carbocycles. The molecule has 1 heterocycles. The Morgan fingerprint density at radius 3 is 2.79 bits per heavy atom. The molecule has 0 spiro atoms. The van der Waals surface area contributed by atoms with Gasteiger partial charge in [-0.1, -0.05) is 0 Å². The number of carbonyl (C=O) groups excluding carboxylic acids is 1. The fourth-order valence-corrected chi connectivity index (χ4v) is 1.96. The number of amides is 1. The maximum atomic E-state index is 13.5. The minimum Gasteiger partial charge on any atom is -0.396 e. The van der Waals surface area contributed by atoms with Gasteiger partial charge in [-0.2, -0.15) is 5.10 Å². The summed E-state index contributed by atoms with van der Waals surface area (Å²) in [5.74, 6) is -2.10. The molecule has 19 heavy (non-hydrogen) atoms. The van der Waals surface area contributed by atoms with E-state index in [0.717, 1.165) is 6.07 Å². The van der Waals surface area contributed by atoms with Crippen LogP contribution in [-0.4, -0.2) is 15.7 Å². The molecule has 1 amide bonds. The number of hydrogen-bond acceptors (Lipinski definition) is 3. The first-order valence-corrected chi connectivity index (χ1v) is 5.97. The normalized spacial score (nSPS) is 10.5. The molecule has 0 saturated heterocycles. The van der Waals surface area contributed by atoms with Crippen molar-refractivity contribution >= 4 is 33.2 Å². The van der Waals surface area contributed by atoms with Crippen molar-refractivity contribution in [3.8, 4) is 0 Å². The zero-order valence-electron chi connectivity index (χ0n) is 9.53. The number of benzene rings is 1. The van der Waals surface area contributed by atoms with Gasteiger partial charge in [-0.3, -0.25) is 9.48 Å². The second kappa shape index (κ2) is 5.35. The van der Waals surface area contributed by atoms with E-state index in [0.29, 0.717) is 11.8 Å². The van der Waals surface area contributed by atoms with Crippen molar-refractivity contribution in [1.82, 2.24) is 9.78 Å². The summed E-state index contributed by atoms with van der Waals surface area (Å²) in [5.41, 5.74) is 5.75. The maximum absolute atomic E-state index is 13.5. The summed E-state index contributed by atoms with van der Waals surface area (Å²) in [6.45, 7) is -0.125. The fraction of sp³-hybridized carbons (Fsp3) is 0.0909. The summed E-state index contributed by atoms with van der Waals surface area (Å²) in [6.07, 6.45) is 2.86. The predicted octanol–water partition coefficient (Wildman–Crippen LogP) is 2.14. The number of hydrogen-bond donors (Lipinski definition) is 2. The van der Waals surface area contributed by atoms with Crippen LogP contribution < -0.4 is 11.1 Å². The SMILES string of the molecule is Nc1cnn(CC(=O)Nc2c(F)cc(F)cc2Br)c1. The molecule has 1 aromatic carbocycles. The molecule has 5 nitrogen and oxygen atoms in total. The molecule has 0 aliphatic rings. The Kier molecular flexibility index (Phi) is 3.79. The van der Waals surface area contributed by atoms with E-state index in [-0.39, 0.29) is 16.7 Å². The molecule has 0 unspecified atom stereocenters. The Balaban J connectivity index is 2.11. The van der Waals surface area contributed by atoms with Gasteiger partial charge in [0.15, 0.2) is 5.82 Å². The smallest absolute Gasteiger partial charge is 0.246 e. The van der Waals surface area contributed by atoms with E-state index < -0.39 is 17.5 Å². The Labute approximate surface area is 115 Å². The number of halogens is 3. The molecule has 0 atom stereocenters. The minimum absolute atomic E-state index is 0.119. The second-order valence-electron chi connectivity index (χ2n) is 3.76. The van der Waals surface area contributed by atoms with Crippen molar-refractivity contribution in [3.05, 3.63) is 40.6 Å². The average molecular weight is 331 g/mol. The third kappa shape index (κ3) is 3.28. The molecule has 100 valence electrons. The monoisotopic (exact) mass is 330 g/mol. The molecule has 0 aliphatic heterocycles. The number of nitrogens with two attached hydrogens (primary N) is 1. The van der Waals surface area contributed by atoms with Gasteiger partial charge in [0, 0.05) is 16.7 Å². The molecular weight excluding hydrogens is 322 g/mol. The van der Waals surface area contributed by atoms with Crippen LogP contribution in [0.2, 0.25) is 0 Å². The largest absolute Gasteiger partial charge is 0.396 e. The standard InChI is InChI=1S/C11H9BrF2N4O/c12-8-1-6(13)2-9(14)11(8)17-10(19)5-18-4-7(15)3-16-18/h1-4H,5,15H2,(H,17,19). The van der Waals surface area contributed by atoms with Crippen LogP contribution in [0.4, 0.5) is 20.2 Å². The van der Waals surface area contributed by atoms with E-state index >= 15 is 0 Å². The van der Waals surface area contributed by atoms with Gasteiger partial charge in [-0.15, -0.1) is 0 Å². The molecule has 0 bridgehead atoms. The predicted molar refractivity (Wildman–Crippen MR) is 69.3 cm³/mol. The summed E-state index contributed by atoms with van der Waals surface area (Å²) < 4.78 is 27.8. The highest BCUT2D eigenvalue weighted by molar-refractivity contribution is 9.10. The van der Waals surface area contributed by atoms with Gasteiger partial charge in [0.2, 0.25) is 5.91 Å². The topological polar surface area (TPSA) is 72.9 Å². The van der Waals surface area contributed by atoms with E-state index in [2.05, 4.69) is 26.3 Å². The van der Waals surface area contributed by atoms with Crippen molar-refractivity contribution in [2.75, 3.05) is 11.1 Å². The number of nitrogens with one attached hydrogen (secondary N) is 1. The number of aromatic nitrogens is 2. The van der Waals surface area contributed by atoms with Gasteiger partial charge in [-0.05, 0) is 22.0 Å². The van der Waals surface area contributed by atoms with Crippen molar-refractivity contribution < 1.29 is 13.6 Å². The number of carbonyl (C=O) groups is 1. The van der Waals surface area contributed by atoms with Crippen LogP contribution in [0.25, 0.3) is 0 Å². The lowest BCUT2D eigenvalue weighted by atomic mass is 10.3. The van der Waals surface area contributed by atoms with E-state index in [9.17, 15) is 13.6 Å². The molecule has 2 rings (SSSR count). The van der Waals surface area contributed by atoms with Crippen LogP contribution in [0, 0.1) is 11.6 Å². The summed E-state index contributed by atoms with van der Waals surface area (Å²) in [6, 6.07) is 1.75. The highest BCUT2D eigenvalue weighted by Gasteiger charge is 2.13. The third-order valence-electron chi connectivity index (χ3n) is 2.23. The third-order valence-corrected chi connectivity index (χ3v) is 2.86. The molecule has 1 aromatic heterocycles. The van der Waals surface area contributed by atoms with Crippen molar-refractivity contribution in [2.45, 2.75) is 6.54 Å². The van der Waals surface area contributed by atoms with Crippen LogP contribution >= 0.6 is 15.9 Å². The van der Waals surface area contributed by atoms with Gasteiger partial charge >= 0.3 is 0 Å². The molecule has 0 saturated carbocycles. The Morgan fingerprint density at radius 2 is 2.21 bits per heavy atom. The quantitative estimate of drug-likeness (QED) is 0.905. The summed E-state index contributed by atoms with van der Waals surface area (Å²) in [4.78, 5) is 11.7. The summed E-state index contributed by atoms with van der Waals surface area (Å²) in [7, 11) is 0. The second-order valence-corrected chi connectivity index (χ2v) is 4.62. The lowest BCUT2D eigenvalue weighted by Crippen LogP contribution is -2.20. The van der Waals surface area contributed by atoms with E-state index in [1.165, 1.54) is 17.1 Å². The lowest BCUT2D eigenvalue weighted by molar-refractivity contribution is -0.116. The van der Waals surface area contributed by atoms with E-state index in [1.807, 2.05) is 0 Å². The number of nitrogens with zero attached hydrogens (tertiary/aromatic N) is 2. The van der Waals surface area contributed by atoms with Crippen molar-refractivity contribution in [3.63, 3.8) is 0 Å². The molecule has 8 heteroatoms. The Morgan fingerprint density at radius 1 is 1.47 bits per heavy atom. The number of rotatable bonds is 3. The highest BCUT2D eigenvalue weighted by atomic mass is 79.9. The molecule has 2 aromatic rings. The number of anilines is 2. The summed E-state index contributed by atoms with van der Waals surface area (Å²) >= 11 is 2.98. The van der Waals surface area contributed by atoms with Gasteiger partial charge < -0.3 is 11.1 Å². The van der Waals surface area contributed by atoms with Gasteiger partial charge in [-0.25, -0.2) is 8.78 Å². The fourth-order valence-electron chi connectivity index (χ4n) is 1.45. The number of nitrogen functional groups attached to an aromatic ring is 1. The lowest BCUT2D eigenvalue weighted by Gasteiger charge is -2.08. The Bertz CT molecular complexity index is 606. The summed E-state index contributed by atoms with van der Waals surface area (Å²) in [5, 5.41) is 6.16. The van der Waals surface area contributed by atoms with Crippen LogP contribution in [-0.2, 0) is 11.3 Å². The van der Waals surface area contributed by atoms with Crippen LogP contribution in [0.5, 0.6) is 0 Å². The molecule has 0 radical (unpaired) electrons. The van der Waals surface area contributed by atoms with Gasteiger partial charge in [0.1, 0.15) is 12.4 Å². The van der Waals surface area contributed by atoms with Crippen molar-refractivity contribution in [2.24, 2.45) is 0 Å². The zero-order valence-corrected chi connectivity index (χ0v) is 11.1. The molecule has 0 fully saturated rings. The van der Waals surface area contributed by atoms with Crippen LogP contribution in [0.3, 0.4) is 0 Å². The maximum Gasteiger partial charge on any atom is 0.246 e. The molecular formula is C11H9BrF2N4O. The minimum atomic E-state index is -0.861. The van der Waals surface area contributed by atoms with Gasteiger partial charge in [0.25, 0.3) is 0 Å². The first-order chi connectivity index (χ1) is 8.95. The van der Waals surface area contributed by atoms with Gasteiger partial charge in [0.05, 0.1) is 17.6 Å². The van der Waals surface area contributed by atoms with Crippen molar-refractivity contribution in [1.29, 1.82) is 0 Å². The first-order valence-electron chi connectivity index (χ1n) is 5.18. The Hall–Kier alpha value is -1.96. The van der Waals surface area contributed by atoms with E-state index in [4.69, 9.17) is 5.73 Å².